The van der Waals surface area contributed by atoms with Crippen molar-refractivity contribution in [3.63, 3.8) is 0 Å². The Balaban J connectivity index is 3.09. The summed E-state index contributed by atoms with van der Waals surface area (Å²) in [6.45, 7) is 5.67. The average Bonchev–Trinajstić information content (AvgIpc) is 1.97. The molecule has 0 atom stereocenters. The lowest BCUT2D eigenvalue weighted by Gasteiger charge is -2.23. The average molecular weight is 296 g/mol. The molecule has 0 bridgehead atoms. The second-order valence-electron chi connectivity index (χ2n) is 4.60. The minimum absolute atomic E-state index is 0.274. The Bertz CT molecular complexity index is 380. The van der Waals surface area contributed by atoms with Crippen molar-refractivity contribution in [2.24, 2.45) is 0 Å². The largest absolute Gasteiger partial charge is 0.416 e. The van der Waals surface area contributed by atoms with E-state index in [-0.39, 0.29) is 5.54 Å². The highest BCUT2D eigenvalue weighted by molar-refractivity contribution is 9.10. The lowest BCUT2D eigenvalue weighted by Crippen LogP contribution is -2.26. The molecule has 0 saturated carbocycles. The van der Waals surface area contributed by atoms with Gasteiger partial charge in [-0.15, -0.1) is 0 Å². The van der Waals surface area contributed by atoms with Crippen LogP contribution >= 0.6 is 15.9 Å². The normalized spacial score (nSPS) is 12.7. The molecule has 1 aromatic rings. The Hall–Kier alpha value is -0.710. The van der Waals surface area contributed by atoms with E-state index in [1.165, 1.54) is 0 Å². The molecule has 0 aliphatic heterocycles. The van der Waals surface area contributed by atoms with E-state index >= 15 is 0 Å². The SMILES string of the molecule is CC(C)(C)Nc1cc(Br)cc(C(F)(F)F)c1. The quantitative estimate of drug-likeness (QED) is 0.793. The van der Waals surface area contributed by atoms with Gasteiger partial charge in [-0.05, 0) is 39.0 Å². The summed E-state index contributed by atoms with van der Waals surface area (Å²) in [5, 5.41) is 3.00. The number of halogens is 4. The third kappa shape index (κ3) is 4.04. The molecule has 1 rings (SSSR count). The zero-order valence-electron chi connectivity index (χ0n) is 9.24. The minimum atomic E-state index is -4.32. The standard InChI is InChI=1S/C11H13BrF3N/c1-10(2,3)16-9-5-7(11(13,14)15)4-8(12)6-9/h4-6,16H,1-3H3. The minimum Gasteiger partial charge on any atom is -0.380 e. The fourth-order valence-corrected chi connectivity index (χ4v) is 1.75. The first kappa shape index (κ1) is 13.4. The Labute approximate surface area is 101 Å². The van der Waals surface area contributed by atoms with Gasteiger partial charge in [-0.25, -0.2) is 0 Å². The third-order valence-electron chi connectivity index (χ3n) is 1.74. The van der Waals surface area contributed by atoms with Crippen LogP contribution in [0.15, 0.2) is 22.7 Å². The van der Waals surface area contributed by atoms with Gasteiger partial charge in [0.1, 0.15) is 0 Å². The molecule has 0 radical (unpaired) electrons. The lowest BCUT2D eigenvalue weighted by atomic mass is 10.1. The van der Waals surface area contributed by atoms with E-state index < -0.39 is 11.7 Å². The van der Waals surface area contributed by atoms with Crippen LogP contribution in [0.4, 0.5) is 18.9 Å². The highest BCUT2D eigenvalue weighted by Crippen LogP contribution is 2.33. The van der Waals surface area contributed by atoms with Crippen LogP contribution in [0.5, 0.6) is 0 Å². The molecule has 0 heterocycles. The zero-order chi connectivity index (χ0) is 12.6. The topological polar surface area (TPSA) is 12.0 Å². The number of benzene rings is 1. The molecule has 0 aromatic heterocycles. The summed E-state index contributed by atoms with van der Waals surface area (Å²) in [5.41, 5.74) is -0.480. The van der Waals surface area contributed by atoms with Gasteiger partial charge in [0, 0.05) is 15.7 Å². The molecule has 0 amide bonds. The molecule has 0 spiro atoms. The van der Waals surface area contributed by atoms with Gasteiger partial charge >= 0.3 is 6.18 Å². The van der Waals surface area contributed by atoms with Crippen LogP contribution in [0.25, 0.3) is 0 Å². The summed E-state index contributed by atoms with van der Waals surface area (Å²) in [5.74, 6) is 0. The number of anilines is 1. The fraction of sp³-hybridized carbons (Fsp3) is 0.455. The smallest absolute Gasteiger partial charge is 0.380 e. The van der Waals surface area contributed by atoms with Crippen molar-refractivity contribution in [3.8, 4) is 0 Å². The molecule has 90 valence electrons. The van der Waals surface area contributed by atoms with Crippen LogP contribution < -0.4 is 5.32 Å². The van der Waals surface area contributed by atoms with E-state index in [4.69, 9.17) is 0 Å². The van der Waals surface area contributed by atoms with Crippen molar-refractivity contribution >= 4 is 21.6 Å². The molecule has 1 N–H and O–H groups in total. The molecule has 0 aliphatic carbocycles. The van der Waals surface area contributed by atoms with Gasteiger partial charge in [-0.3, -0.25) is 0 Å². The molecular weight excluding hydrogens is 283 g/mol. The molecular formula is C11H13BrF3N. The number of nitrogens with one attached hydrogen (secondary N) is 1. The monoisotopic (exact) mass is 295 g/mol. The van der Waals surface area contributed by atoms with E-state index in [0.29, 0.717) is 10.2 Å². The van der Waals surface area contributed by atoms with Gasteiger partial charge in [-0.1, -0.05) is 15.9 Å². The second kappa shape index (κ2) is 4.28. The van der Waals surface area contributed by atoms with Gasteiger partial charge in [0.25, 0.3) is 0 Å². The number of rotatable bonds is 1. The van der Waals surface area contributed by atoms with Crippen molar-refractivity contribution in [2.45, 2.75) is 32.5 Å². The van der Waals surface area contributed by atoms with Crippen LogP contribution in [-0.2, 0) is 6.18 Å². The van der Waals surface area contributed by atoms with Crippen molar-refractivity contribution in [1.29, 1.82) is 0 Å². The van der Waals surface area contributed by atoms with Crippen LogP contribution in [0.2, 0.25) is 0 Å². The van der Waals surface area contributed by atoms with Gasteiger partial charge < -0.3 is 5.32 Å². The van der Waals surface area contributed by atoms with Gasteiger partial charge in [0.2, 0.25) is 0 Å². The Morgan fingerprint density at radius 1 is 1.06 bits per heavy atom. The molecule has 0 unspecified atom stereocenters. The van der Waals surface area contributed by atoms with Crippen molar-refractivity contribution in [2.75, 3.05) is 5.32 Å². The predicted molar refractivity (Wildman–Crippen MR) is 62.5 cm³/mol. The number of alkyl halides is 3. The maximum Gasteiger partial charge on any atom is 0.416 e. The van der Waals surface area contributed by atoms with Crippen molar-refractivity contribution in [3.05, 3.63) is 28.2 Å². The molecule has 0 aliphatic rings. The highest BCUT2D eigenvalue weighted by Gasteiger charge is 2.31. The lowest BCUT2D eigenvalue weighted by molar-refractivity contribution is -0.137. The van der Waals surface area contributed by atoms with Gasteiger partial charge in [0.15, 0.2) is 0 Å². The molecule has 0 fully saturated rings. The highest BCUT2D eigenvalue weighted by atomic mass is 79.9. The van der Waals surface area contributed by atoms with Gasteiger partial charge in [-0.2, -0.15) is 13.2 Å². The summed E-state index contributed by atoms with van der Waals surface area (Å²) < 4.78 is 38.0. The van der Waals surface area contributed by atoms with Crippen LogP contribution in [-0.4, -0.2) is 5.54 Å². The van der Waals surface area contributed by atoms with Crippen LogP contribution in [0.1, 0.15) is 26.3 Å². The van der Waals surface area contributed by atoms with Crippen molar-refractivity contribution in [1.82, 2.24) is 0 Å². The van der Waals surface area contributed by atoms with Crippen molar-refractivity contribution < 1.29 is 13.2 Å². The number of hydrogen-bond acceptors (Lipinski definition) is 1. The summed E-state index contributed by atoms with van der Waals surface area (Å²) in [6.07, 6.45) is -4.32. The molecule has 16 heavy (non-hydrogen) atoms. The van der Waals surface area contributed by atoms with E-state index in [1.807, 2.05) is 20.8 Å². The maximum absolute atomic E-state index is 12.5. The predicted octanol–water partition coefficient (Wildman–Crippen LogP) is 4.68. The Morgan fingerprint density at radius 2 is 1.62 bits per heavy atom. The van der Waals surface area contributed by atoms with Crippen LogP contribution in [0, 0.1) is 0 Å². The summed E-state index contributed by atoms with van der Waals surface area (Å²) in [4.78, 5) is 0. The van der Waals surface area contributed by atoms with E-state index in [9.17, 15) is 13.2 Å². The molecule has 0 saturated heterocycles. The molecule has 1 aromatic carbocycles. The number of hydrogen-bond donors (Lipinski definition) is 1. The van der Waals surface area contributed by atoms with Crippen LogP contribution in [0.3, 0.4) is 0 Å². The summed E-state index contributed by atoms with van der Waals surface area (Å²) in [6, 6.07) is 3.80. The Kier molecular flexibility index (Phi) is 3.57. The van der Waals surface area contributed by atoms with E-state index in [1.54, 1.807) is 6.07 Å². The maximum atomic E-state index is 12.5. The summed E-state index contributed by atoms with van der Waals surface area (Å²) >= 11 is 3.07. The molecule has 1 nitrogen and oxygen atoms in total. The first-order chi connectivity index (χ1) is 7.08. The molecule has 5 heteroatoms. The van der Waals surface area contributed by atoms with E-state index in [2.05, 4.69) is 21.2 Å². The Morgan fingerprint density at radius 3 is 2.06 bits per heavy atom. The summed E-state index contributed by atoms with van der Waals surface area (Å²) in [7, 11) is 0. The zero-order valence-corrected chi connectivity index (χ0v) is 10.8. The second-order valence-corrected chi connectivity index (χ2v) is 5.52. The first-order valence-electron chi connectivity index (χ1n) is 4.74. The van der Waals surface area contributed by atoms with E-state index in [0.717, 1.165) is 12.1 Å². The third-order valence-corrected chi connectivity index (χ3v) is 2.20. The van der Waals surface area contributed by atoms with Gasteiger partial charge in [0.05, 0.1) is 5.56 Å². The first-order valence-corrected chi connectivity index (χ1v) is 5.53. The fourth-order valence-electron chi connectivity index (χ4n) is 1.26.